The van der Waals surface area contributed by atoms with Crippen molar-refractivity contribution in [1.82, 2.24) is 10.6 Å². The van der Waals surface area contributed by atoms with Gasteiger partial charge in [0.15, 0.2) is 0 Å². The second kappa shape index (κ2) is 12.3. The molecule has 0 spiro atoms. The van der Waals surface area contributed by atoms with Crippen molar-refractivity contribution in [3.63, 3.8) is 0 Å². The molecule has 4 N–H and O–H groups in total. The van der Waals surface area contributed by atoms with Crippen LogP contribution in [0.4, 0.5) is 4.39 Å². The van der Waals surface area contributed by atoms with E-state index in [1.807, 2.05) is 40.8 Å². The van der Waals surface area contributed by atoms with Gasteiger partial charge in [0, 0.05) is 30.9 Å². The molecule has 2 atom stereocenters. The molecule has 3 amide bonds. The molecule has 3 aromatic rings. The Morgan fingerprint density at radius 1 is 0.946 bits per heavy atom. The summed E-state index contributed by atoms with van der Waals surface area (Å²) in [4.78, 5) is 38.3. The molecule has 1 fully saturated rings. The number of carbonyl (C=O) groups is 3. The number of halogens is 3. The van der Waals surface area contributed by atoms with Crippen LogP contribution in [0.3, 0.4) is 0 Å². The summed E-state index contributed by atoms with van der Waals surface area (Å²) >= 11 is 3.94. The Bertz CT molecular complexity index is 1330. The van der Waals surface area contributed by atoms with E-state index in [-0.39, 0.29) is 34.6 Å². The van der Waals surface area contributed by atoms with Gasteiger partial charge in [-0.1, -0.05) is 36.8 Å². The molecule has 9 heteroatoms. The first-order chi connectivity index (χ1) is 17.7. The highest BCUT2D eigenvalue weighted by Crippen LogP contribution is 2.33. The molecule has 3 aromatic carbocycles. The van der Waals surface area contributed by atoms with E-state index < -0.39 is 17.6 Å². The molecule has 0 unspecified atom stereocenters. The first-order valence-electron chi connectivity index (χ1n) is 12.0. The zero-order chi connectivity index (χ0) is 26.5. The Labute approximate surface area is 242 Å². The second-order valence-corrected chi connectivity index (χ2v) is 11.5. The summed E-state index contributed by atoms with van der Waals surface area (Å²) in [6.07, 6.45) is 3.36. The molecular formula is C28H26FI2N3O3. The zero-order valence-corrected chi connectivity index (χ0v) is 24.2. The van der Waals surface area contributed by atoms with Crippen LogP contribution >= 0.6 is 45.2 Å². The Balaban J connectivity index is 1.50. The number of carbonyl (C=O) groups excluding carboxylic acids is 3. The Hall–Kier alpha value is -2.54. The maximum absolute atomic E-state index is 15.0. The van der Waals surface area contributed by atoms with Crippen LogP contribution in [0.15, 0.2) is 60.7 Å². The van der Waals surface area contributed by atoms with Crippen molar-refractivity contribution in [3.8, 4) is 11.1 Å². The van der Waals surface area contributed by atoms with E-state index in [0.29, 0.717) is 31.2 Å². The maximum atomic E-state index is 15.0. The largest absolute Gasteiger partial charge is 0.366 e. The minimum atomic E-state index is -0.792. The van der Waals surface area contributed by atoms with Gasteiger partial charge in [0.2, 0.25) is 5.91 Å². The highest BCUT2D eigenvalue weighted by atomic mass is 127. The molecule has 1 saturated carbocycles. The van der Waals surface area contributed by atoms with Gasteiger partial charge in [0.05, 0.1) is 11.1 Å². The summed E-state index contributed by atoms with van der Waals surface area (Å²) in [7, 11) is 0. The molecule has 4 rings (SSSR count). The Morgan fingerprint density at radius 2 is 1.70 bits per heavy atom. The lowest BCUT2D eigenvalue weighted by Gasteiger charge is -2.30. The van der Waals surface area contributed by atoms with Crippen LogP contribution in [0.2, 0.25) is 0 Å². The van der Waals surface area contributed by atoms with Gasteiger partial charge < -0.3 is 16.4 Å². The molecule has 0 aliphatic heterocycles. The monoisotopic (exact) mass is 725 g/mol. The van der Waals surface area contributed by atoms with Crippen LogP contribution < -0.4 is 16.4 Å². The van der Waals surface area contributed by atoms with Crippen molar-refractivity contribution < 1.29 is 18.8 Å². The lowest BCUT2D eigenvalue weighted by Crippen LogP contribution is -2.41. The fraction of sp³-hybridized carbons (Fsp3) is 0.250. The second-order valence-electron chi connectivity index (χ2n) is 9.12. The molecule has 6 nitrogen and oxygen atoms in total. The third kappa shape index (κ3) is 6.67. The first kappa shape index (κ1) is 27.5. The van der Waals surface area contributed by atoms with E-state index >= 15 is 0 Å². The number of hydrogen-bond donors (Lipinski definition) is 3. The minimum absolute atomic E-state index is 0.00120. The summed E-state index contributed by atoms with van der Waals surface area (Å²) in [5, 5.41) is 6.04. The van der Waals surface area contributed by atoms with Crippen molar-refractivity contribution in [2.45, 2.75) is 31.7 Å². The number of nitrogens with one attached hydrogen (secondary N) is 2. The number of benzene rings is 3. The predicted molar refractivity (Wildman–Crippen MR) is 158 cm³/mol. The fourth-order valence-electron chi connectivity index (χ4n) is 4.77. The van der Waals surface area contributed by atoms with Gasteiger partial charge in [-0.05, 0) is 106 Å². The number of hydrogen-bond acceptors (Lipinski definition) is 3. The number of rotatable bonds is 7. The summed E-state index contributed by atoms with van der Waals surface area (Å²) in [6.45, 7) is 0.520. The smallest absolute Gasteiger partial charge is 0.252 e. The van der Waals surface area contributed by atoms with E-state index in [9.17, 15) is 18.8 Å². The van der Waals surface area contributed by atoms with Crippen molar-refractivity contribution in [2.75, 3.05) is 6.54 Å². The average molecular weight is 725 g/mol. The summed E-state index contributed by atoms with van der Waals surface area (Å²) in [5.41, 5.74) is 6.98. The van der Waals surface area contributed by atoms with E-state index in [1.165, 1.54) is 0 Å². The zero-order valence-electron chi connectivity index (χ0n) is 19.9. The Kier molecular flexibility index (Phi) is 9.17. The average Bonchev–Trinajstić information content (AvgIpc) is 2.89. The number of primary amides is 1. The van der Waals surface area contributed by atoms with Crippen molar-refractivity contribution in [2.24, 2.45) is 11.7 Å². The van der Waals surface area contributed by atoms with Gasteiger partial charge in [-0.3, -0.25) is 14.4 Å². The molecule has 1 aliphatic carbocycles. The van der Waals surface area contributed by atoms with Gasteiger partial charge in [0.25, 0.3) is 11.8 Å². The van der Waals surface area contributed by atoms with Gasteiger partial charge in [-0.25, -0.2) is 4.39 Å². The van der Waals surface area contributed by atoms with Gasteiger partial charge >= 0.3 is 0 Å². The summed E-state index contributed by atoms with van der Waals surface area (Å²) in [6, 6.07) is 17.1. The molecule has 1 aliphatic rings. The van der Waals surface area contributed by atoms with Gasteiger partial charge in [0.1, 0.15) is 5.82 Å². The molecule has 0 radical (unpaired) electrons. The lowest BCUT2D eigenvalue weighted by molar-refractivity contribution is 0.0895. The molecule has 0 heterocycles. The van der Waals surface area contributed by atoms with Crippen LogP contribution in [0.5, 0.6) is 0 Å². The predicted octanol–water partition coefficient (Wildman–Crippen LogP) is 5.52. The normalized spacial score (nSPS) is 17.2. The number of amides is 3. The molecule has 37 heavy (non-hydrogen) atoms. The Morgan fingerprint density at radius 3 is 2.43 bits per heavy atom. The fourth-order valence-corrected chi connectivity index (χ4v) is 5.90. The highest BCUT2D eigenvalue weighted by Gasteiger charge is 2.28. The van der Waals surface area contributed by atoms with E-state index in [0.717, 1.165) is 19.3 Å². The van der Waals surface area contributed by atoms with Crippen molar-refractivity contribution >= 4 is 62.9 Å². The van der Waals surface area contributed by atoms with Crippen LogP contribution in [0.1, 0.15) is 56.8 Å². The third-order valence-corrected chi connectivity index (χ3v) is 8.00. The van der Waals surface area contributed by atoms with Crippen LogP contribution in [-0.4, -0.2) is 30.3 Å². The van der Waals surface area contributed by atoms with Crippen molar-refractivity contribution in [1.29, 1.82) is 0 Å². The highest BCUT2D eigenvalue weighted by molar-refractivity contribution is 14.1. The maximum Gasteiger partial charge on any atom is 0.252 e. The first-order valence-corrected chi connectivity index (χ1v) is 14.1. The summed E-state index contributed by atoms with van der Waals surface area (Å²) < 4.78 is 16.0. The lowest BCUT2D eigenvalue weighted by atomic mass is 9.85. The third-order valence-electron chi connectivity index (χ3n) is 6.54. The van der Waals surface area contributed by atoms with E-state index in [2.05, 4.69) is 33.2 Å². The SMILES string of the molecule is NC(=O)c1c(C(=O)N[C@H]2CCC[C@@H](CNC(=O)c3ccccc3)C2)cc(I)cc1-c1cccc(I)c1F. The molecule has 0 aromatic heterocycles. The molecule has 192 valence electrons. The van der Waals surface area contributed by atoms with Gasteiger partial charge in [-0.2, -0.15) is 0 Å². The topological polar surface area (TPSA) is 101 Å². The quantitative estimate of drug-likeness (QED) is 0.280. The van der Waals surface area contributed by atoms with E-state index in [4.69, 9.17) is 5.73 Å². The van der Waals surface area contributed by atoms with Gasteiger partial charge in [-0.15, -0.1) is 0 Å². The van der Waals surface area contributed by atoms with Crippen LogP contribution in [0.25, 0.3) is 11.1 Å². The number of nitrogens with two attached hydrogens (primary N) is 1. The summed E-state index contributed by atoms with van der Waals surface area (Å²) in [5.74, 6) is -1.58. The minimum Gasteiger partial charge on any atom is -0.366 e. The molecule has 0 saturated heterocycles. The van der Waals surface area contributed by atoms with E-state index in [1.54, 1.807) is 42.5 Å². The standard InChI is InChI=1S/C28H26FI2N3O3/c29-25-20(10-5-11-23(25)31)21-13-18(30)14-22(24(21)26(32)35)28(37)34-19-9-4-6-16(12-19)15-33-27(36)17-7-2-1-3-8-17/h1-3,5,7-8,10-11,13-14,16,19H,4,6,9,12,15H2,(H2,32,35)(H,33,36)(H,34,37)/t16-,19+/m1/s1. The van der Waals surface area contributed by atoms with Crippen LogP contribution in [-0.2, 0) is 0 Å². The van der Waals surface area contributed by atoms with Crippen molar-refractivity contribution in [3.05, 3.63) is 90.3 Å². The van der Waals surface area contributed by atoms with Crippen LogP contribution in [0, 0.1) is 18.9 Å². The molecule has 0 bridgehead atoms. The molecular weight excluding hydrogens is 699 g/mol.